The molecule has 0 saturated carbocycles. The monoisotopic (exact) mass is 490 g/mol. The Bertz CT molecular complexity index is 1930. The number of rotatable bonds is 3. The quantitative estimate of drug-likeness (QED) is 0.269. The van der Waals surface area contributed by atoms with Crippen molar-refractivity contribution in [3.63, 3.8) is 0 Å². The molecule has 0 radical (unpaired) electrons. The molecule has 2 nitrogen and oxygen atoms in total. The van der Waals surface area contributed by atoms with E-state index < -0.39 is 0 Å². The molecule has 0 atom stereocenters. The maximum atomic E-state index is 9.31. The molecule has 0 saturated heterocycles. The van der Waals surface area contributed by atoms with Gasteiger partial charge in [-0.15, -0.1) is 11.3 Å². The molecule has 2 heterocycles. The predicted molar refractivity (Wildman–Crippen MR) is 157 cm³/mol. The summed E-state index contributed by atoms with van der Waals surface area (Å²) in [6, 6.07) is 39.5. The van der Waals surface area contributed by atoms with Crippen LogP contribution in [0.15, 0.2) is 121 Å². The maximum absolute atomic E-state index is 9.31. The molecule has 0 unspecified atom stereocenters. The van der Waals surface area contributed by atoms with Crippen molar-refractivity contribution in [1.82, 2.24) is 5.32 Å². The van der Waals surface area contributed by atoms with Crippen molar-refractivity contribution in [2.75, 3.05) is 6.54 Å². The highest BCUT2D eigenvalue weighted by atomic mass is 32.1. The molecule has 1 N–H and O–H groups in total. The molecule has 1 aliphatic heterocycles. The van der Waals surface area contributed by atoms with E-state index in [-0.39, 0.29) is 0 Å². The summed E-state index contributed by atoms with van der Waals surface area (Å²) >= 11 is 1.86. The van der Waals surface area contributed by atoms with Crippen LogP contribution < -0.4 is 5.32 Å². The maximum Gasteiger partial charge on any atom is 0.0966 e. The number of nitrogens with one attached hydrogen (secondary N) is 1. The van der Waals surface area contributed by atoms with Crippen LogP contribution in [0.4, 0.5) is 0 Å². The molecule has 1 aromatic heterocycles. The average Bonchev–Trinajstić information content (AvgIpc) is 3.35. The van der Waals surface area contributed by atoms with Crippen LogP contribution in [0.25, 0.3) is 58.8 Å². The molecule has 6 aromatic rings. The van der Waals surface area contributed by atoms with Gasteiger partial charge in [0.25, 0.3) is 0 Å². The van der Waals surface area contributed by atoms with E-state index in [0.717, 1.165) is 16.7 Å². The van der Waals surface area contributed by atoms with Crippen molar-refractivity contribution >= 4 is 47.9 Å². The van der Waals surface area contributed by atoms with Gasteiger partial charge in [0, 0.05) is 38.5 Å². The Hall–Kier alpha value is -4.65. The fourth-order valence-electron chi connectivity index (χ4n) is 5.34. The second-order valence-corrected chi connectivity index (χ2v) is 10.4. The van der Waals surface area contributed by atoms with Crippen molar-refractivity contribution in [3.8, 4) is 28.3 Å². The highest BCUT2D eigenvalue weighted by molar-refractivity contribution is 7.26. The summed E-state index contributed by atoms with van der Waals surface area (Å²) in [4.78, 5) is 0. The minimum Gasteiger partial charge on any atom is -0.386 e. The number of allylic oxidation sites excluding steroid dienone is 2. The van der Waals surface area contributed by atoms with Crippen LogP contribution in [0, 0.1) is 11.3 Å². The molecule has 0 bridgehead atoms. The second-order valence-electron chi connectivity index (χ2n) is 9.36. The first-order valence-electron chi connectivity index (χ1n) is 12.4. The molecule has 5 aromatic carbocycles. The summed E-state index contributed by atoms with van der Waals surface area (Å²) in [5.74, 6) is 0. The van der Waals surface area contributed by atoms with Crippen molar-refractivity contribution in [2.24, 2.45) is 0 Å². The minimum atomic E-state index is 0.586. The summed E-state index contributed by atoms with van der Waals surface area (Å²) in [5, 5.41) is 17.8. The lowest BCUT2D eigenvalue weighted by atomic mass is 9.94. The Morgan fingerprint density at radius 3 is 2.27 bits per heavy atom. The van der Waals surface area contributed by atoms with E-state index >= 15 is 0 Å². The van der Waals surface area contributed by atoms with E-state index in [2.05, 4.69) is 115 Å². The van der Waals surface area contributed by atoms with Gasteiger partial charge in [0.05, 0.1) is 6.07 Å². The normalized spacial score (nSPS) is 13.3. The van der Waals surface area contributed by atoms with Gasteiger partial charge in [-0.1, -0.05) is 84.9 Å². The average molecular weight is 491 g/mol. The van der Waals surface area contributed by atoms with Gasteiger partial charge in [0.15, 0.2) is 0 Å². The van der Waals surface area contributed by atoms with Gasteiger partial charge in [0.2, 0.25) is 0 Å². The van der Waals surface area contributed by atoms with Gasteiger partial charge in [-0.3, -0.25) is 0 Å². The van der Waals surface area contributed by atoms with Gasteiger partial charge < -0.3 is 5.32 Å². The molecular formula is C34H22N2S. The smallest absolute Gasteiger partial charge is 0.0966 e. The lowest BCUT2D eigenvalue weighted by Crippen LogP contribution is -2.13. The largest absolute Gasteiger partial charge is 0.386 e. The van der Waals surface area contributed by atoms with Gasteiger partial charge in [-0.2, -0.15) is 5.26 Å². The zero-order valence-electron chi connectivity index (χ0n) is 20.0. The fraction of sp³-hybridized carbons (Fsp3) is 0.0294. The Morgan fingerprint density at radius 2 is 1.41 bits per heavy atom. The van der Waals surface area contributed by atoms with Crippen LogP contribution in [0.2, 0.25) is 0 Å². The lowest BCUT2D eigenvalue weighted by Gasteiger charge is -2.12. The first-order valence-corrected chi connectivity index (χ1v) is 13.2. The van der Waals surface area contributed by atoms with E-state index in [0.29, 0.717) is 6.54 Å². The van der Waals surface area contributed by atoms with Crippen molar-refractivity contribution in [1.29, 1.82) is 5.26 Å². The highest BCUT2D eigenvalue weighted by Gasteiger charge is 2.14. The Labute approximate surface area is 219 Å². The second kappa shape index (κ2) is 8.78. The van der Waals surface area contributed by atoms with Gasteiger partial charge in [-0.25, -0.2) is 0 Å². The van der Waals surface area contributed by atoms with Crippen molar-refractivity contribution in [2.45, 2.75) is 0 Å². The molecule has 3 heteroatoms. The Kier molecular flexibility index (Phi) is 5.13. The molecule has 0 amide bonds. The van der Waals surface area contributed by atoms with E-state index in [1.54, 1.807) is 0 Å². The van der Waals surface area contributed by atoms with E-state index in [1.807, 2.05) is 23.6 Å². The van der Waals surface area contributed by atoms with Gasteiger partial charge in [-0.05, 0) is 68.4 Å². The van der Waals surface area contributed by atoms with Gasteiger partial charge in [0.1, 0.15) is 0 Å². The van der Waals surface area contributed by atoms with Crippen molar-refractivity contribution < 1.29 is 0 Å². The number of nitriles is 1. The molecular weight excluding hydrogens is 468 g/mol. The molecule has 0 aliphatic carbocycles. The van der Waals surface area contributed by atoms with Crippen molar-refractivity contribution in [3.05, 3.63) is 127 Å². The molecule has 1 aliphatic rings. The van der Waals surface area contributed by atoms with Crippen LogP contribution in [0.3, 0.4) is 0 Å². The number of nitrogens with zero attached hydrogens (tertiary/aromatic N) is 1. The third-order valence-corrected chi connectivity index (χ3v) is 8.22. The Balaban J connectivity index is 1.38. The molecule has 7 rings (SSSR count). The first-order chi connectivity index (χ1) is 18.3. The van der Waals surface area contributed by atoms with E-state index in [4.69, 9.17) is 0 Å². The summed E-state index contributed by atoms with van der Waals surface area (Å²) in [6.45, 7) is 0.586. The summed E-state index contributed by atoms with van der Waals surface area (Å²) in [5.41, 5.74) is 7.78. The lowest BCUT2D eigenvalue weighted by molar-refractivity contribution is 0.948. The standard InChI is InChI=1S/C34H22N2S/c35-19-22-15-27(21-36-20-22)25-10-6-9-24(16-25)26-13-14-30-32(17-26)37-33-18-31(23-7-2-1-3-8-23)28-11-4-5-12-29(28)34(30)33/h1-18,21,36H,20H2. The molecule has 0 fully saturated rings. The summed E-state index contributed by atoms with van der Waals surface area (Å²) in [6.07, 6.45) is 3.96. The zero-order valence-corrected chi connectivity index (χ0v) is 20.8. The first kappa shape index (κ1) is 21.6. The Morgan fingerprint density at radius 1 is 0.649 bits per heavy atom. The van der Waals surface area contributed by atoms with Crippen LogP contribution in [-0.2, 0) is 0 Å². The van der Waals surface area contributed by atoms with Crippen LogP contribution in [0.1, 0.15) is 5.56 Å². The third kappa shape index (κ3) is 3.71. The SMILES string of the molecule is N#CC1=CC(c2cccc(-c3ccc4c(c3)sc3cc(-c5ccccc5)c5ccccc5c34)c2)=CNC1. The number of hydrogen-bond donors (Lipinski definition) is 1. The summed E-state index contributed by atoms with van der Waals surface area (Å²) in [7, 11) is 0. The molecule has 0 spiro atoms. The predicted octanol–water partition coefficient (Wildman–Crippen LogP) is 8.94. The zero-order chi connectivity index (χ0) is 24.8. The minimum absolute atomic E-state index is 0.586. The van der Waals surface area contributed by atoms with Crippen LogP contribution in [0.5, 0.6) is 0 Å². The van der Waals surface area contributed by atoms with E-state index in [9.17, 15) is 5.26 Å². The highest BCUT2D eigenvalue weighted by Crippen LogP contribution is 2.43. The molecule has 37 heavy (non-hydrogen) atoms. The number of dihydropyridines is 1. The third-order valence-electron chi connectivity index (χ3n) is 7.12. The fourth-order valence-corrected chi connectivity index (χ4v) is 6.55. The molecule has 174 valence electrons. The van der Waals surface area contributed by atoms with E-state index in [1.165, 1.54) is 53.2 Å². The number of hydrogen-bond acceptors (Lipinski definition) is 3. The topological polar surface area (TPSA) is 35.8 Å². The summed E-state index contributed by atoms with van der Waals surface area (Å²) < 4.78 is 2.60. The van der Waals surface area contributed by atoms with Crippen LogP contribution in [-0.4, -0.2) is 6.54 Å². The number of thiophene rings is 1. The number of benzene rings is 5. The van der Waals surface area contributed by atoms with Crippen LogP contribution >= 0.6 is 11.3 Å². The number of fused-ring (bicyclic) bond motifs is 5. The van der Waals surface area contributed by atoms with Gasteiger partial charge >= 0.3 is 0 Å².